The van der Waals surface area contributed by atoms with E-state index in [-0.39, 0.29) is 18.0 Å². The number of rotatable bonds is 3. The second-order valence-electron chi connectivity index (χ2n) is 2.76. The molecule has 0 saturated carbocycles. The minimum Gasteiger partial charge on any atom is -0.389 e. The van der Waals surface area contributed by atoms with E-state index in [2.05, 4.69) is 0 Å². The molecule has 0 spiro atoms. The van der Waals surface area contributed by atoms with E-state index in [0.717, 1.165) is 0 Å². The number of hydrogen-bond acceptors (Lipinski definition) is 3. The minimum absolute atomic E-state index is 0.0566. The Morgan fingerprint density at radius 3 is 2.64 bits per heavy atom. The lowest BCUT2D eigenvalue weighted by Crippen LogP contribution is -2.06. The molecular formula is C8H12O3. The Morgan fingerprint density at radius 1 is 1.73 bits per heavy atom. The second kappa shape index (κ2) is 3.15. The zero-order valence-corrected chi connectivity index (χ0v) is 6.65. The van der Waals surface area contributed by atoms with E-state index in [1.807, 2.05) is 6.92 Å². The van der Waals surface area contributed by atoms with Crippen LogP contribution >= 0.6 is 0 Å². The Labute approximate surface area is 65.7 Å². The number of hydrogen-bond donors (Lipinski definition) is 1. The molecule has 1 aliphatic heterocycles. The van der Waals surface area contributed by atoms with Crippen molar-refractivity contribution in [2.75, 3.05) is 0 Å². The van der Waals surface area contributed by atoms with Crippen LogP contribution in [0.2, 0.25) is 0 Å². The number of aliphatic hydroxyl groups is 1. The summed E-state index contributed by atoms with van der Waals surface area (Å²) in [4.78, 5) is 11.0. The molecule has 0 aromatic heterocycles. The highest BCUT2D eigenvalue weighted by Gasteiger charge is 2.39. The topological polar surface area (TPSA) is 49.8 Å². The SMILES string of the molecule is C[C@H](O)/C=C/C(=O)[C@@H]1O[C@H]1C. The molecule has 3 atom stereocenters. The number of ketones is 1. The fraction of sp³-hybridized carbons (Fsp3) is 0.625. The zero-order valence-electron chi connectivity index (χ0n) is 6.65. The lowest BCUT2D eigenvalue weighted by molar-refractivity contribution is -0.115. The van der Waals surface area contributed by atoms with E-state index < -0.39 is 6.10 Å². The molecule has 1 fully saturated rings. The number of aliphatic hydroxyl groups excluding tert-OH is 1. The van der Waals surface area contributed by atoms with Crippen LogP contribution in [-0.2, 0) is 9.53 Å². The Hall–Kier alpha value is -0.670. The first kappa shape index (κ1) is 8.43. The van der Waals surface area contributed by atoms with Crippen LogP contribution in [0.3, 0.4) is 0 Å². The summed E-state index contributed by atoms with van der Waals surface area (Å²) in [5, 5.41) is 8.79. The lowest BCUT2D eigenvalue weighted by atomic mass is 10.2. The van der Waals surface area contributed by atoms with Gasteiger partial charge in [-0.3, -0.25) is 4.79 Å². The van der Waals surface area contributed by atoms with Crippen LogP contribution in [-0.4, -0.2) is 29.2 Å². The molecule has 1 rings (SSSR count). The van der Waals surface area contributed by atoms with Crippen LogP contribution in [0.1, 0.15) is 13.8 Å². The van der Waals surface area contributed by atoms with Crippen LogP contribution < -0.4 is 0 Å². The monoisotopic (exact) mass is 156 g/mol. The standard InChI is InChI=1S/C8H12O3/c1-5(9)3-4-7(10)8-6(2)11-8/h3-6,8-9H,1-2H3/b4-3+/t5-,6-,8+/m0/s1. The van der Waals surface area contributed by atoms with Crippen molar-refractivity contribution < 1.29 is 14.6 Å². The molecular weight excluding hydrogens is 144 g/mol. The first-order valence-electron chi connectivity index (χ1n) is 3.67. The summed E-state index contributed by atoms with van der Waals surface area (Å²) in [6, 6.07) is 0. The molecule has 1 N–H and O–H groups in total. The van der Waals surface area contributed by atoms with Gasteiger partial charge in [0.1, 0.15) is 6.10 Å². The van der Waals surface area contributed by atoms with Crippen molar-refractivity contribution in [3.8, 4) is 0 Å². The summed E-state index contributed by atoms with van der Waals surface area (Å²) in [7, 11) is 0. The van der Waals surface area contributed by atoms with E-state index in [0.29, 0.717) is 0 Å². The van der Waals surface area contributed by atoms with Gasteiger partial charge in [-0.05, 0) is 19.9 Å². The van der Waals surface area contributed by atoms with E-state index in [1.165, 1.54) is 12.2 Å². The van der Waals surface area contributed by atoms with E-state index in [9.17, 15) is 4.79 Å². The third kappa shape index (κ3) is 2.44. The average molecular weight is 156 g/mol. The van der Waals surface area contributed by atoms with Crippen molar-refractivity contribution in [1.29, 1.82) is 0 Å². The quantitative estimate of drug-likeness (QED) is 0.471. The summed E-state index contributed by atoms with van der Waals surface area (Å²) in [5.74, 6) is -0.0570. The van der Waals surface area contributed by atoms with E-state index in [1.54, 1.807) is 6.92 Å². The molecule has 1 saturated heterocycles. The van der Waals surface area contributed by atoms with Gasteiger partial charge in [-0.2, -0.15) is 0 Å². The van der Waals surface area contributed by atoms with Crippen LogP contribution in [0.25, 0.3) is 0 Å². The van der Waals surface area contributed by atoms with Gasteiger partial charge < -0.3 is 9.84 Å². The fourth-order valence-corrected chi connectivity index (χ4v) is 0.813. The zero-order chi connectivity index (χ0) is 8.43. The highest BCUT2D eigenvalue weighted by Crippen LogP contribution is 2.21. The Kier molecular flexibility index (Phi) is 2.42. The van der Waals surface area contributed by atoms with Crippen molar-refractivity contribution in [2.45, 2.75) is 32.2 Å². The smallest absolute Gasteiger partial charge is 0.186 e. The van der Waals surface area contributed by atoms with E-state index >= 15 is 0 Å². The summed E-state index contributed by atoms with van der Waals surface area (Å²) < 4.78 is 4.93. The number of carbonyl (C=O) groups is 1. The third-order valence-corrected chi connectivity index (χ3v) is 1.53. The van der Waals surface area contributed by atoms with Crippen molar-refractivity contribution in [1.82, 2.24) is 0 Å². The first-order chi connectivity index (χ1) is 5.11. The van der Waals surface area contributed by atoms with Gasteiger partial charge in [-0.25, -0.2) is 0 Å². The van der Waals surface area contributed by atoms with Gasteiger partial charge in [0.25, 0.3) is 0 Å². The van der Waals surface area contributed by atoms with Gasteiger partial charge in [0.05, 0.1) is 12.2 Å². The van der Waals surface area contributed by atoms with Gasteiger partial charge in [0.15, 0.2) is 5.78 Å². The predicted molar refractivity (Wildman–Crippen MR) is 40.2 cm³/mol. The van der Waals surface area contributed by atoms with Crippen LogP contribution in [0, 0.1) is 0 Å². The molecule has 62 valence electrons. The summed E-state index contributed by atoms with van der Waals surface area (Å²) in [5.41, 5.74) is 0. The van der Waals surface area contributed by atoms with Gasteiger partial charge >= 0.3 is 0 Å². The summed E-state index contributed by atoms with van der Waals surface area (Å²) in [6.45, 7) is 3.44. The largest absolute Gasteiger partial charge is 0.389 e. The van der Waals surface area contributed by atoms with Crippen molar-refractivity contribution in [2.24, 2.45) is 0 Å². The maximum atomic E-state index is 11.0. The number of ether oxygens (including phenoxy) is 1. The Bertz CT molecular complexity index is 184. The number of epoxide rings is 1. The molecule has 0 radical (unpaired) electrons. The fourth-order valence-electron chi connectivity index (χ4n) is 0.813. The lowest BCUT2D eigenvalue weighted by Gasteiger charge is -1.90. The Morgan fingerprint density at radius 2 is 2.27 bits per heavy atom. The minimum atomic E-state index is -0.562. The van der Waals surface area contributed by atoms with Crippen LogP contribution in [0.15, 0.2) is 12.2 Å². The number of carbonyl (C=O) groups excluding carboxylic acids is 1. The molecule has 0 bridgehead atoms. The molecule has 1 heterocycles. The molecule has 0 aliphatic carbocycles. The average Bonchev–Trinajstić information content (AvgIpc) is 2.61. The molecule has 11 heavy (non-hydrogen) atoms. The maximum absolute atomic E-state index is 11.0. The summed E-state index contributed by atoms with van der Waals surface area (Å²) in [6.07, 6.45) is 2.06. The van der Waals surface area contributed by atoms with Crippen molar-refractivity contribution in [3.05, 3.63) is 12.2 Å². The predicted octanol–water partition coefficient (Wildman–Crippen LogP) is 0.280. The molecule has 1 aliphatic rings. The van der Waals surface area contributed by atoms with Gasteiger partial charge in [-0.1, -0.05) is 6.08 Å². The molecule has 0 aromatic carbocycles. The van der Waals surface area contributed by atoms with Crippen LogP contribution in [0.5, 0.6) is 0 Å². The van der Waals surface area contributed by atoms with Crippen molar-refractivity contribution >= 4 is 5.78 Å². The molecule has 0 amide bonds. The first-order valence-corrected chi connectivity index (χ1v) is 3.67. The highest BCUT2D eigenvalue weighted by atomic mass is 16.6. The molecule has 0 unspecified atom stereocenters. The molecule has 3 heteroatoms. The highest BCUT2D eigenvalue weighted by molar-refractivity contribution is 5.95. The van der Waals surface area contributed by atoms with Crippen molar-refractivity contribution in [3.63, 3.8) is 0 Å². The normalized spacial score (nSPS) is 32.3. The van der Waals surface area contributed by atoms with E-state index in [4.69, 9.17) is 9.84 Å². The van der Waals surface area contributed by atoms with Gasteiger partial charge in [-0.15, -0.1) is 0 Å². The van der Waals surface area contributed by atoms with Gasteiger partial charge in [0.2, 0.25) is 0 Å². The summed E-state index contributed by atoms with van der Waals surface area (Å²) >= 11 is 0. The Balaban J connectivity index is 2.32. The second-order valence-corrected chi connectivity index (χ2v) is 2.76. The van der Waals surface area contributed by atoms with Crippen LogP contribution in [0.4, 0.5) is 0 Å². The maximum Gasteiger partial charge on any atom is 0.186 e. The molecule has 3 nitrogen and oxygen atoms in total. The third-order valence-electron chi connectivity index (χ3n) is 1.53. The van der Waals surface area contributed by atoms with Gasteiger partial charge in [0, 0.05) is 0 Å². The molecule has 0 aromatic rings.